The molecule has 2 rings (SSSR count). The fraction of sp³-hybridized carbons (Fsp3) is 0.100. The van der Waals surface area contributed by atoms with Crippen molar-refractivity contribution in [3.63, 3.8) is 0 Å². The molecular formula is C10H9N3O2. The Kier molecular flexibility index (Phi) is 2.73. The molecule has 0 aliphatic rings. The van der Waals surface area contributed by atoms with Crippen molar-refractivity contribution >= 4 is 6.29 Å². The van der Waals surface area contributed by atoms with Gasteiger partial charge in [-0.15, -0.1) is 0 Å². The quantitative estimate of drug-likeness (QED) is 0.758. The molecule has 2 aromatic rings. The second-order valence-electron chi connectivity index (χ2n) is 2.90. The van der Waals surface area contributed by atoms with Gasteiger partial charge in [0.05, 0.1) is 23.7 Å². The Morgan fingerprint density at radius 3 is 3.13 bits per heavy atom. The SMILES string of the molecule is O=Cc1cn[nH]c1COc1cccnc1. The summed E-state index contributed by atoms with van der Waals surface area (Å²) in [5.41, 5.74) is 1.17. The van der Waals surface area contributed by atoms with Gasteiger partial charge in [0.1, 0.15) is 12.4 Å². The molecule has 15 heavy (non-hydrogen) atoms. The minimum Gasteiger partial charge on any atom is -0.486 e. The van der Waals surface area contributed by atoms with Crippen molar-refractivity contribution in [2.75, 3.05) is 0 Å². The standard InChI is InChI=1S/C10H9N3O2/c14-6-8-4-12-13-10(8)7-15-9-2-1-3-11-5-9/h1-6H,7H2,(H,12,13). The normalized spacial score (nSPS) is 9.87. The zero-order valence-electron chi connectivity index (χ0n) is 7.88. The van der Waals surface area contributed by atoms with Gasteiger partial charge in [-0.05, 0) is 12.1 Å². The van der Waals surface area contributed by atoms with E-state index in [1.165, 1.54) is 6.20 Å². The number of hydrogen-bond donors (Lipinski definition) is 1. The number of aromatic nitrogens is 3. The van der Waals surface area contributed by atoms with Crippen molar-refractivity contribution < 1.29 is 9.53 Å². The Morgan fingerprint density at radius 1 is 1.47 bits per heavy atom. The fourth-order valence-electron chi connectivity index (χ4n) is 1.13. The molecule has 0 radical (unpaired) electrons. The lowest BCUT2D eigenvalue weighted by molar-refractivity contribution is 0.112. The number of carbonyl (C=O) groups is 1. The third kappa shape index (κ3) is 2.19. The van der Waals surface area contributed by atoms with Crippen LogP contribution >= 0.6 is 0 Å². The fourth-order valence-corrected chi connectivity index (χ4v) is 1.13. The smallest absolute Gasteiger partial charge is 0.153 e. The van der Waals surface area contributed by atoms with Crippen LogP contribution in [0.4, 0.5) is 0 Å². The highest BCUT2D eigenvalue weighted by atomic mass is 16.5. The van der Waals surface area contributed by atoms with Crippen LogP contribution < -0.4 is 4.74 Å². The molecule has 0 aliphatic carbocycles. The zero-order valence-corrected chi connectivity index (χ0v) is 7.88. The monoisotopic (exact) mass is 203 g/mol. The summed E-state index contributed by atoms with van der Waals surface area (Å²) in [7, 11) is 0. The number of hydrogen-bond acceptors (Lipinski definition) is 4. The molecule has 5 nitrogen and oxygen atoms in total. The van der Waals surface area contributed by atoms with Crippen molar-refractivity contribution in [2.24, 2.45) is 0 Å². The number of aldehydes is 1. The Labute approximate surface area is 86.1 Å². The van der Waals surface area contributed by atoms with Crippen molar-refractivity contribution in [1.29, 1.82) is 0 Å². The van der Waals surface area contributed by atoms with E-state index >= 15 is 0 Å². The highest BCUT2D eigenvalue weighted by Crippen LogP contribution is 2.10. The van der Waals surface area contributed by atoms with Crippen molar-refractivity contribution in [3.05, 3.63) is 42.0 Å². The Bertz CT molecular complexity index is 439. The summed E-state index contributed by atoms with van der Waals surface area (Å²) < 4.78 is 5.40. The number of H-pyrrole nitrogens is 1. The molecule has 2 heterocycles. The Hall–Kier alpha value is -2.17. The van der Waals surface area contributed by atoms with E-state index in [0.29, 0.717) is 17.0 Å². The predicted octanol–water partition coefficient (Wildman–Crippen LogP) is 1.20. The van der Waals surface area contributed by atoms with E-state index in [4.69, 9.17) is 4.74 Å². The minimum atomic E-state index is 0.278. The highest BCUT2D eigenvalue weighted by Gasteiger charge is 2.04. The Morgan fingerprint density at radius 2 is 2.40 bits per heavy atom. The summed E-state index contributed by atoms with van der Waals surface area (Å²) >= 11 is 0. The van der Waals surface area contributed by atoms with E-state index in [0.717, 1.165) is 6.29 Å². The van der Waals surface area contributed by atoms with Crippen LogP contribution in [0.25, 0.3) is 0 Å². The number of pyridine rings is 1. The molecule has 76 valence electrons. The molecule has 0 amide bonds. The lowest BCUT2D eigenvalue weighted by Gasteiger charge is -2.03. The molecule has 0 unspecified atom stereocenters. The minimum absolute atomic E-state index is 0.278. The topological polar surface area (TPSA) is 67.9 Å². The molecule has 2 aromatic heterocycles. The molecule has 5 heteroatoms. The molecule has 0 aliphatic heterocycles. The van der Waals surface area contributed by atoms with Gasteiger partial charge < -0.3 is 4.74 Å². The molecule has 0 spiro atoms. The maximum absolute atomic E-state index is 10.6. The predicted molar refractivity (Wildman–Crippen MR) is 52.5 cm³/mol. The van der Waals surface area contributed by atoms with Gasteiger partial charge in [0.2, 0.25) is 0 Å². The van der Waals surface area contributed by atoms with Gasteiger partial charge >= 0.3 is 0 Å². The van der Waals surface area contributed by atoms with Crippen LogP contribution in [0.3, 0.4) is 0 Å². The lowest BCUT2D eigenvalue weighted by atomic mass is 10.3. The average molecular weight is 203 g/mol. The second kappa shape index (κ2) is 4.36. The van der Waals surface area contributed by atoms with Crippen molar-refractivity contribution in [2.45, 2.75) is 6.61 Å². The van der Waals surface area contributed by atoms with Crippen molar-refractivity contribution in [3.8, 4) is 5.75 Å². The first-order valence-electron chi connectivity index (χ1n) is 4.40. The van der Waals surface area contributed by atoms with E-state index in [-0.39, 0.29) is 6.61 Å². The first-order chi connectivity index (χ1) is 7.40. The Balaban J connectivity index is 2.02. The van der Waals surface area contributed by atoms with Gasteiger partial charge in [-0.1, -0.05) is 0 Å². The van der Waals surface area contributed by atoms with Gasteiger partial charge in [0.25, 0.3) is 0 Å². The van der Waals surface area contributed by atoms with Crippen LogP contribution in [-0.2, 0) is 6.61 Å². The summed E-state index contributed by atoms with van der Waals surface area (Å²) in [6.45, 7) is 0.278. The van der Waals surface area contributed by atoms with E-state index in [1.807, 2.05) is 0 Å². The van der Waals surface area contributed by atoms with Crippen LogP contribution in [0.2, 0.25) is 0 Å². The lowest BCUT2D eigenvalue weighted by Crippen LogP contribution is -1.99. The van der Waals surface area contributed by atoms with E-state index < -0.39 is 0 Å². The number of carbonyl (C=O) groups excluding carboxylic acids is 1. The molecule has 0 atom stereocenters. The zero-order chi connectivity index (χ0) is 10.5. The molecule has 1 N–H and O–H groups in total. The number of nitrogens with one attached hydrogen (secondary N) is 1. The molecule has 0 bridgehead atoms. The number of nitrogens with zero attached hydrogens (tertiary/aromatic N) is 2. The largest absolute Gasteiger partial charge is 0.486 e. The summed E-state index contributed by atoms with van der Waals surface area (Å²) in [5, 5.41) is 6.45. The number of aromatic amines is 1. The van der Waals surface area contributed by atoms with E-state index in [1.54, 1.807) is 24.5 Å². The maximum Gasteiger partial charge on any atom is 0.153 e. The van der Waals surface area contributed by atoms with Gasteiger partial charge in [0.15, 0.2) is 6.29 Å². The van der Waals surface area contributed by atoms with E-state index in [9.17, 15) is 4.79 Å². The van der Waals surface area contributed by atoms with E-state index in [2.05, 4.69) is 15.2 Å². The van der Waals surface area contributed by atoms with Gasteiger partial charge in [-0.25, -0.2) is 0 Å². The first-order valence-corrected chi connectivity index (χ1v) is 4.40. The first kappa shape index (κ1) is 9.39. The van der Waals surface area contributed by atoms with Crippen LogP contribution in [0.5, 0.6) is 5.75 Å². The van der Waals surface area contributed by atoms with Crippen LogP contribution in [0, 0.1) is 0 Å². The molecular weight excluding hydrogens is 194 g/mol. The van der Waals surface area contributed by atoms with Gasteiger partial charge in [-0.3, -0.25) is 14.9 Å². The van der Waals surface area contributed by atoms with Crippen molar-refractivity contribution in [1.82, 2.24) is 15.2 Å². The summed E-state index contributed by atoms with van der Waals surface area (Å²) in [6, 6.07) is 3.58. The van der Waals surface area contributed by atoms with Crippen LogP contribution in [-0.4, -0.2) is 21.5 Å². The average Bonchev–Trinajstić information content (AvgIpc) is 2.75. The second-order valence-corrected chi connectivity index (χ2v) is 2.90. The van der Waals surface area contributed by atoms with Crippen LogP contribution in [0.1, 0.15) is 16.1 Å². The third-order valence-corrected chi connectivity index (χ3v) is 1.90. The summed E-state index contributed by atoms with van der Waals surface area (Å²) in [5.74, 6) is 0.656. The molecule has 0 aromatic carbocycles. The maximum atomic E-state index is 10.6. The highest BCUT2D eigenvalue weighted by molar-refractivity contribution is 5.75. The van der Waals surface area contributed by atoms with Gasteiger partial charge in [-0.2, -0.15) is 5.10 Å². The summed E-state index contributed by atoms with van der Waals surface area (Å²) in [4.78, 5) is 14.5. The number of rotatable bonds is 4. The molecule has 0 saturated carbocycles. The molecule has 0 fully saturated rings. The van der Waals surface area contributed by atoms with Crippen LogP contribution in [0.15, 0.2) is 30.7 Å². The number of ether oxygens (including phenoxy) is 1. The molecule has 0 saturated heterocycles. The third-order valence-electron chi connectivity index (χ3n) is 1.90. The summed E-state index contributed by atoms with van der Waals surface area (Å²) in [6.07, 6.45) is 5.48. The van der Waals surface area contributed by atoms with Gasteiger partial charge in [0, 0.05) is 6.20 Å².